The minimum Gasteiger partial charge on any atom is -0.312 e. The number of para-hydroxylation sites is 4. The first-order chi connectivity index (χ1) is 25.8. The Morgan fingerprint density at radius 2 is 1.17 bits per heavy atom. The van der Waals surface area contributed by atoms with Crippen molar-refractivity contribution in [1.29, 1.82) is 0 Å². The van der Waals surface area contributed by atoms with Crippen LogP contribution in [0.5, 0.6) is 0 Å². The molecule has 7 aromatic carbocycles. The molecule has 0 N–H and O–H groups in total. The molecule has 3 aliphatic rings. The van der Waals surface area contributed by atoms with Crippen LogP contribution in [0, 0.1) is 0 Å². The molecule has 0 bridgehead atoms. The molecule has 2 aromatic heterocycles. The fraction of sp³-hybridized carbons (Fsp3) is 0.0612. The van der Waals surface area contributed by atoms with E-state index < -0.39 is 5.41 Å². The van der Waals surface area contributed by atoms with Crippen molar-refractivity contribution in [2.75, 3.05) is 4.90 Å². The van der Waals surface area contributed by atoms with Gasteiger partial charge >= 0.3 is 0 Å². The zero-order valence-corrected chi connectivity index (χ0v) is 29.1. The second-order valence-electron chi connectivity index (χ2n) is 14.4. The Bertz CT molecular complexity index is 2860. The summed E-state index contributed by atoms with van der Waals surface area (Å²) in [5.41, 5.74) is 16.9. The Morgan fingerprint density at radius 1 is 0.538 bits per heavy atom. The third-order valence-electron chi connectivity index (χ3n) is 12.0. The third kappa shape index (κ3) is 3.54. The molecule has 0 fully saturated rings. The smallest absolute Gasteiger partial charge is 0.0571 e. The van der Waals surface area contributed by atoms with Crippen LogP contribution >= 0.6 is 11.3 Å². The number of aromatic nitrogens is 1. The van der Waals surface area contributed by atoms with E-state index in [0.29, 0.717) is 0 Å². The van der Waals surface area contributed by atoms with Crippen molar-refractivity contribution in [2.24, 2.45) is 0 Å². The molecule has 2 atom stereocenters. The number of benzene rings is 7. The van der Waals surface area contributed by atoms with Gasteiger partial charge < -0.3 is 9.47 Å². The first-order valence-corrected chi connectivity index (χ1v) is 19.0. The molecular weight excluding hydrogens is 649 g/mol. The highest BCUT2D eigenvalue weighted by Gasteiger charge is 2.57. The van der Waals surface area contributed by atoms with E-state index in [1.165, 1.54) is 81.9 Å². The summed E-state index contributed by atoms with van der Waals surface area (Å²) in [4.78, 5) is 3.86. The molecule has 12 rings (SSSR count). The Labute approximate surface area is 306 Å². The van der Waals surface area contributed by atoms with Crippen LogP contribution < -0.4 is 4.90 Å². The molecule has 1 aliphatic heterocycles. The highest BCUT2D eigenvalue weighted by Crippen LogP contribution is 2.67. The zero-order valence-electron chi connectivity index (χ0n) is 28.3. The van der Waals surface area contributed by atoms with Gasteiger partial charge in [-0.05, 0) is 99.8 Å². The Balaban J connectivity index is 1.22. The predicted molar refractivity (Wildman–Crippen MR) is 217 cm³/mol. The number of anilines is 3. The summed E-state index contributed by atoms with van der Waals surface area (Å²) < 4.78 is 4.01. The summed E-state index contributed by atoms with van der Waals surface area (Å²) in [6.07, 6.45) is 0.968. The molecule has 0 amide bonds. The van der Waals surface area contributed by atoms with Crippen LogP contribution in [-0.2, 0) is 11.8 Å². The number of fused-ring (bicyclic) bond motifs is 16. The largest absolute Gasteiger partial charge is 0.312 e. The zero-order chi connectivity index (χ0) is 34.0. The summed E-state index contributed by atoms with van der Waals surface area (Å²) in [5.74, 6) is 0.176. The highest BCUT2D eigenvalue weighted by molar-refractivity contribution is 7.22. The van der Waals surface area contributed by atoms with Crippen molar-refractivity contribution in [1.82, 2.24) is 4.57 Å². The van der Waals surface area contributed by atoms with Crippen molar-refractivity contribution < 1.29 is 0 Å². The molecule has 0 saturated carbocycles. The fourth-order valence-corrected chi connectivity index (χ4v) is 11.4. The van der Waals surface area contributed by atoms with Gasteiger partial charge in [-0.1, -0.05) is 121 Å². The molecule has 2 nitrogen and oxygen atoms in total. The standard InChI is InChI=1S/C49H32N2S/c1-3-15-31(16-4-1)50(32-17-5-2-6-18-32)33-27-28-35-34-19-7-10-22-39(34)49(41(35)29-33)40-23-11-13-25-44(40)51-43-24-12-8-21-37(43)46-47(51)42(49)30-38-36-20-9-14-26-45(36)52-48(38)46/h1-29,42H,30H2. The maximum absolute atomic E-state index is 2.63. The molecule has 0 saturated heterocycles. The number of rotatable bonds is 3. The van der Waals surface area contributed by atoms with Crippen molar-refractivity contribution in [2.45, 2.75) is 17.8 Å². The van der Waals surface area contributed by atoms with Gasteiger partial charge in [-0.25, -0.2) is 0 Å². The topological polar surface area (TPSA) is 8.17 Å². The van der Waals surface area contributed by atoms with Crippen LogP contribution in [0.2, 0.25) is 0 Å². The summed E-state index contributed by atoms with van der Waals surface area (Å²) >= 11 is 1.97. The average molecular weight is 681 g/mol. The Kier molecular flexibility index (Phi) is 5.73. The van der Waals surface area contributed by atoms with E-state index in [9.17, 15) is 0 Å². The van der Waals surface area contributed by atoms with Gasteiger partial charge in [-0.15, -0.1) is 11.3 Å². The van der Waals surface area contributed by atoms with Crippen LogP contribution in [0.15, 0.2) is 176 Å². The molecule has 52 heavy (non-hydrogen) atoms. The highest BCUT2D eigenvalue weighted by atomic mass is 32.1. The number of thiophene rings is 1. The van der Waals surface area contributed by atoms with Crippen molar-refractivity contribution >= 4 is 49.4 Å². The van der Waals surface area contributed by atoms with E-state index in [2.05, 4.69) is 185 Å². The predicted octanol–water partition coefficient (Wildman–Crippen LogP) is 13.0. The SMILES string of the molecule is c1ccc(N(c2ccccc2)c2ccc3c(c2)C2(c4ccccc4-3)c3ccccc3-n3c4c(c5ccccc53)-c3sc5ccccc5c3CC42)cc1. The van der Waals surface area contributed by atoms with Crippen molar-refractivity contribution in [3.8, 4) is 27.3 Å². The lowest BCUT2D eigenvalue weighted by molar-refractivity contribution is 0.451. The number of nitrogens with zero attached hydrogens (tertiary/aromatic N) is 2. The number of hydrogen-bond donors (Lipinski definition) is 0. The Morgan fingerprint density at radius 3 is 1.98 bits per heavy atom. The van der Waals surface area contributed by atoms with Gasteiger partial charge in [0.15, 0.2) is 0 Å². The van der Waals surface area contributed by atoms with Gasteiger partial charge in [0, 0.05) is 49.2 Å². The summed E-state index contributed by atoms with van der Waals surface area (Å²) in [6.45, 7) is 0. The van der Waals surface area contributed by atoms with E-state index in [-0.39, 0.29) is 5.92 Å². The van der Waals surface area contributed by atoms with Gasteiger partial charge in [0.25, 0.3) is 0 Å². The molecule has 1 spiro atoms. The van der Waals surface area contributed by atoms with Crippen molar-refractivity contribution in [3.05, 3.63) is 204 Å². The average Bonchev–Trinajstić information content (AvgIpc) is 3.85. The van der Waals surface area contributed by atoms with Crippen LogP contribution in [0.25, 0.3) is 48.2 Å². The van der Waals surface area contributed by atoms with Gasteiger partial charge in [0.1, 0.15) is 0 Å². The second kappa shape index (κ2) is 10.4. The Hall–Kier alpha value is -6.16. The van der Waals surface area contributed by atoms with E-state index >= 15 is 0 Å². The lowest BCUT2D eigenvalue weighted by atomic mass is 9.58. The summed E-state index contributed by atoms with van der Waals surface area (Å²) in [7, 11) is 0. The monoisotopic (exact) mass is 680 g/mol. The van der Waals surface area contributed by atoms with Crippen LogP contribution in [0.3, 0.4) is 0 Å². The van der Waals surface area contributed by atoms with Crippen LogP contribution in [0.1, 0.15) is 33.9 Å². The molecule has 3 heterocycles. The second-order valence-corrected chi connectivity index (χ2v) is 15.4. The molecular formula is C49H32N2S. The first kappa shape index (κ1) is 28.5. The van der Waals surface area contributed by atoms with Crippen molar-refractivity contribution in [3.63, 3.8) is 0 Å². The van der Waals surface area contributed by atoms with E-state index in [0.717, 1.165) is 17.8 Å². The van der Waals surface area contributed by atoms with E-state index in [1.54, 1.807) is 0 Å². The fourth-order valence-electron chi connectivity index (χ4n) is 10.1. The minimum atomic E-state index is -0.405. The lowest BCUT2D eigenvalue weighted by Gasteiger charge is -2.47. The molecule has 9 aromatic rings. The normalized spacial score (nSPS) is 17.4. The summed E-state index contributed by atoms with van der Waals surface area (Å²) in [6, 6.07) is 65.6. The van der Waals surface area contributed by atoms with Gasteiger partial charge in [0.2, 0.25) is 0 Å². The quantitative estimate of drug-likeness (QED) is 0.180. The van der Waals surface area contributed by atoms with E-state index in [1.807, 2.05) is 11.3 Å². The van der Waals surface area contributed by atoms with Gasteiger partial charge in [-0.3, -0.25) is 0 Å². The third-order valence-corrected chi connectivity index (χ3v) is 13.3. The van der Waals surface area contributed by atoms with Crippen LogP contribution in [-0.4, -0.2) is 4.57 Å². The maximum atomic E-state index is 2.63. The lowest BCUT2D eigenvalue weighted by Crippen LogP contribution is -2.42. The molecule has 3 heteroatoms. The number of hydrogen-bond acceptors (Lipinski definition) is 2. The van der Waals surface area contributed by atoms with Crippen LogP contribution in [0.4, 0.5) is 17.1 Å². The van der Waals surface area contributed by atoms with Gasteiger partial charge in [0.05, 0.1) is 16.6 Å². The molecule has 244 valence electrons. The minimum absolute atomic E-state index is 0.176. The summed E-state index contributed by atoms with van der Waals surface area (Å²) in [5, 5.41) is 2.75. The molecule has 2 unspecified atom stereocenters. The van der Waals surface area contributed by atoms with Gasteiger partial charge in [-0.2, -0.15) is 0 Å². The molecule has 0 radical (unpaired) electrons. The molecule has 2 aliphatic carbocycles. The first-order valence-electron chi connectivity index (χ1n) is 18.2. The van der Waals surface area contributed by atoms with E-state index in [4.69, 9.17) is 0 Å². The maximum Gasteiger partial charge on any atom is 0.0571 e.